The first kappa shape index (κ1) is 31.4. The Labute approximate surface area is 218 Å². The molecule has 0 saturated heterocycles. The summed E-state index contributed by atoms with van der Waals surface area (Å²) in [6, 6.07) is 2.64. The Kier molecular flexibility index (Phi) is 11.6. The van der Waals surface area contributed by atoms with Gasteiger partial charge in [0.2, 0.25) is 17.7 Å². The van der Waals surface area contributed by atoms with E-state index in [0.717, 1.165) is 11.1 Å². The van der Waals surface area contributed by atoms with E-state index in [1.165, 1.54) is 12.0 Å². The smallest absolute Gasteiger partial charge is 0.408 e. The van der Waals surface area contributed by atoms with Gasteiger partial charge >= 0.3 is 12.1 Å². The zero-order chi connectivity index (χ0) is 28.5. The van der Waals surface area contributed by atoms with Gasteiger partial charge in [0.25, 0.3) is 0 Å². The second-order valence-electron chi connectivity index (χ2n) is 10.1. The number of rotatable bonds is 11. The Morgan fingerprint density at radius 2 is 1.70 bits per heavy atom. The van der Waals surface area contributed by atoms with Crippen molar-refractivity contribution in [1.29, 1.82) is 0 Å². The van der Waals surface area contributed by atoms with Crippen LogP contribution >= 0.6 is 0 Å². The van der Waals surface area contributed by atoms with E-state index in [0.29, 0.717) is 5.56 Å². The molecule has 4 N–H and O–H groups in total. The van der Waals surface area contributed by atoms with Crippen molar-refractivity contribution in [2.24, 2.45) is 5.73 Å². The van der Waals surface area contributed by atoms with Crippen molar-refractivity contribution in [3.05, 3.63) is 34.9 Å². The molecule has 0 heterocycles. The normalized spacial score (nSPS) is 12.8. The van der Waals surface area contributed by atoms with Gasteiger partial charge in [0.1, 0.15) is 24.2 Å². The van der Waals surface area contributed by atoms with Crippen molar-refractivity contribution in [3.63, 3.8) is 0 Å². The van der Waals surface area contributed by atoms with Gasteiger partial charge in [-0.2, -0.15) is 0 Å². The van der Waals surface area contributed by atoms with Crippen molar-refractivity contribution >= 4 is 29.8 Å². The Bertz CT molecular complexity index is 1000. The maximum atomic E-state index is 13.9. The molecule has 1 rings (SSSR count). The highest BCUT2D eigenvalue weighted by Crippen LogP contribution is 2.29. The number of carbonyl (C=O) groups is 5. The fraction of sp³-hybridized carbons (Fsp3) is 0.577. The van der Waals surface area contributed by atoms with Crippen molar-refractivity contribution < 1.29 is 33.4 Å². The number of amides is 4. The fourth-order valence-electron chi connectivity index (χ4n) is 3.65. The number of primary amides is 1. The molecule has 1 aromatic rings. The van der Waals surface area contributed by atoms with Crippen LogP contribution < -0.4 is 16.4 Å². The highest BCUT2D eigenvalue weighted by Gasteiger charge is 2.38. The molecule has 37 heavy (non-hydrogen) atoms. The Balaban J connectivity index is 3.54. The molecule has 11 nitrogen and oxygen atoms in total. The third-order valence-electron chi connectivity index (χ3n) is 5.37. The molecule has 0 spiro atoms. The Hall–Kier alpha value is -3.63. The number of alkyl carbamates (subject to hydrolysis) is 1. The predicted octanol–water partition coefficient (Wildman–Crippen LogP) is 2.03. The van der Waals surface area contributed by atoms with Crippen LogP contribution in [0, 0.1) is 13.8 Å². The van der Waals surface area contributed by atoms with E-state index >= 15 is 0 Å². The molecule has 2 unspecified atom stereocenters. The van der Waals surface area contributed by atoms with Crippen molar-refractivity contribution in [1.82, 2.24) is 15.5 Å². The largest absolute Gasteiger partial charge is 0.468 e. The number of ether oxygens (including phenoxy) is 2. The first-order chi connectivity index (χ1) is 17.1. The summed E-state index contributed by atoms with van der Waals surface area (Å²) in [5, 5.41) is 5.07. The highest BCUT2D eigenvalue weighted by atomic mass is 16.6. The molecule has 206 valence electrons. The second-order valence-corrected chi connectivity index (χ2v) is 10.1. The van der Waals surface area contributed by atoms with Crippen LogP contribution in [0.2, 0.25) is 0 Å². The van der Waals surface area contributed by atoms with E-state index in [1.54, 1.807) is 40.7 Å². The van der Waals surface area contributed by atoms with Crippen LogP contribution in [-0.4, -0.2) is 66.0 Å². The standard InChI is InChI=1S/C26H40N4O7/c1-15(2)30(24(34)19(11-12-20(27)31)29-25(35)37-26(5,6)7)22(23(33)28-14-21(32)36-8)18-13-16(3)9-10-17(18)4/h9-10,13,15,19,22H,11-12,14H2,1-8H3,(H2,27,31)(H,28,33)(H,29,35). The Morgan fingerprint density at radius 3 is 2.22 bits per heavy atom. The minimum absolute atomic E-state index is 0.0973. The predicted molar refractivity (Wildman–Crippen MR) is 137 cm³/mol. The summed E-state index contributed by atoms with van der Waals surface area (Å²) in [4.78, 5) is 64.5. The monoisotopic (exact) mass is 520 g/mol. The summed E-state index contributed by atoms with van der Waals surface area (Å²) < 4.78 is 9.92. The zero-order valence-electron chi connectivity index (χ0n) is 23.0. The summed E-state index contributed by atoms with van der Waals surface area (Å²) in [5.41, 5.74) is 6.64. The van der Waals surface area contributed by atoms with Crippen LogP contribution in [0.3, 0.4) is 0 Å². The van der Waals surface area contributed by atoms with Gasteiger partial charge in [0, 0.05) is 12.5 Å². The number of nitrogens with two attached hydrogens (primary N) is 1. The van der Waals surface area contributed by atoms with E-state index < -0.39 is 60.1 Å². The number of nitrogens with one attached hydrogen (secondary N) is 2. The quantitative estimate of drug-likeness (QED) is 0.377. The molecule has 0 aliphatic carbocycles. The van der Waals surface area contributed by atoms with Crippen molar-refractivity contribution in [2.45, 2.75) is 85.0 Å². The Morgan fingerprint density at radius 1 is 1.08 bits per heavy atom. The number of benzene rings is 1. The van der Waals surface area contributed by atoms with Gasteiger partial charge in [-0.15, -0.1) is 0 Å². The van der Waals surface area contributed by atoms with E-state index in [4.69, 9.17) is 10.5 Å². The minimum atomic E-state index is -1.20. The topological polar surface area (TPSA) is 157 Å². The molecule has 11 heteroatoms. The number of nitrogens with zero attached hydrogens (tertiary/aromatic N) is 1. The second kappa shape index (κ2) is 13.6. The van der Waals surface area contributed by atoms with Crippen LogP contribution in [0.1, 0.15) is 70.2 Å². The highest BCUT2D eigenvalue weighted by molar-refractivity contribution is 5.94. The number of hydrogen-bond donors (Lipinski definition) is 3. The van der Waals surface area contributed by atoms with Crippen LogP contribution in [0.25, 0.3) is 0 Å². The molecular weight excluding hydrogens is 480 g/mol. The molecule has 0 fully saturated rings. The molecule has 0 aliphatic heterocycles. The van der Waals surface area contributed by atoms with Gasteiger partial charge in [-0.3, -0.25) is 19.2 Å². The van der Waals surface area contributed by atoms with Gasteiger partial charge in [-0.05, 0) is 66.0 Å². The lowest BCUT2D eigenvalue weighted by Crippen LogP contribution is -2.55. The molecule has 2 atom stereocenters. The van der Waals surface area contributed by atoms with Gasteiger partial charge in [-0.1, -0.05) is 23.8 Å². The number of aryl methyl sites for hydroxylation is 2. The van der Waals surface area contributed by atoms with Gasteiger partial charge in [0.15, 0.2) is 0 Å². The number of carbonyl (C=O) groups excluding carboxylic acids is 5. The minimum Gasteiger partial charge on any atom is -0.468 e. The van der Waals surface area contributed by atoms with Crippen LogP contribution in [0.5, 0.6) is 0 Å². The number of hydrogen-bond acceptors (Lipinski definition) is 7. The van der Waals surface area contributed by atoms with Crippen molar-refractivity contribution in [3.8, 4) is 0 Å². The summed E-state index contributed by atoms with van der Waals surface area (Å²) in [6.07, 6.45) is -1.13. The first-order valence-corrected chi connectivity index (χ1v) is 12.1. The molecule has 0 saturated carbocycles. The lowest BCUT2D eigenvalue weighted by molar-refractivity contribution is -0.146. The van der Waals surface area contributed by atoms with Crippen LogP contribution in [0.4, 0.5) is 4.79 Å². The molecule has 1 aromatic carbocycles. The lowest BCUT2D eigenvalue weighted by Gasteiger charge is -2.37. The molecule has 4 amide bonds. The zero-order valence-corrected chi connectivity index (χ0v) is 23.0. The van der Waals surface area contributed by atoms with Crippen LogP contribution in [0.15, 0.2) is 18.2 Å². The third-order valence-corrected chi connectivity index (χ3v) is 5.37. The van der Waals surface area contributed by atoms with E-state index in [1.807, 2.05) is 26.0 Å². The van der Waals surface area contributed by atoms with Crippen molar-refractivity contribution in [2.75, 3.05) is 13.7 Å². The molecule has 0 bridgehead atoms. The van der Waals surface area contributed by atoms with E-state index in [-0.39, 0.29) is 12.8 Å². The van der Waals surface area contributed by atoms with Gasteiger partial charge in [0.05, 0.1) is 7.11 Å². The number of esters is 1. The molecular formula is C26H40N4O7. The van der Waals surface area contributed by atoms with Crippen LogP contribution in [-0.2, 0) is 28.7 Å². The average molecular weight is 521 g/mol. The summed E-state index contributed by atoms with van der Waals surface area (Å²) in [7, 11) is 1.20. The lowest BCUT2D eigenvalue weighted by atomic mass is 9.95. The van der Waals surface area contributed by atoms with Gasteiger partial charge < -0.3 is 30.7 Å². The molecule has 0 radical (unpaired) electrons. The average Bonchev–Trinajstić information content (AvgIpc) is 2.77. The fourth-order valence-corrected chi connectivity index (χ4v) is 3.65. The maximum absolute atomic E-state index is 13.9. The van der Waals surface area contributed by atoms with E-state index in [2.05, 4.69) is 15.4 Å². The van der Waals surface area contributed by atoms with E-state index in [9.17, 15) is 24.0 Å². The third kappa shape index (κ3) is 10.1. The summed E-state index contributed by atoms with van der Waals surface area (Å²) >= 11 is 0. The number of methoxy groups -OCH3 is 1. The maximum Gasteiger partial charge on any atom is 0.408 e. The first-order valence-electron chi connectivity index (χ1n) is 12.1. The molecule has 0 aliphatic rings. The SMILES string of the molecule is COC(=O)CNC(=O)C(c1cc(C)ccc1C)N(C(=O)C(CCC(N)=O)NC(=O)OC(C)(C)C)C(C)C. The summed E-state index contributed by atoms with van der Waals surface area (Å²) in [5.74, 6) is -2.52. The summed E-state index contributed by atoms with van der Waals surface area (Å²) in [6.45, 7) is 11.7. The van der Waals surface area contributed by atoms with Gasteiger partial charge in [-0.25, -0.2) is 4.79 Å². The molecule has 0 aromatic heterocycles.